The molecule has 1 aromatic rings. The van der Waals surface area contributed by atoms with Crippen molar-refractivity contribution in [1.29, 1.82) is 0 Å². The lowest BCUT2D eigenvalue weighted by atomic mass is 9.98. The summed E-state index contributed by atoms with van der Waals surface area (Å²) in [6, 6.07) is 3.56. The minimum Gasteiger partial charge on any atom is -0.469 e. The third-order valence-electron chi connectivity index (χ3n) is 3.82. The molecule has 1 aromatic heterocycles. The van der Waals surface area contributed by atoms with Crippen LogP contribution in [0.15, 0.2) is 23.4 Å². The van der Waals surface area contributed by atoms with Crippen molar-refractivity contribution in [2.75, 3.05) is 24.8 Å². The molecule has 0 aromatic carbocycles. The molecule has 132 valence electrons. The summed E-state index contributed by atoms with van der Waals surface area (Å²) in [5.41, 5.74) is 0.643. The zero-order valence-corrected chi connectivity index (χ0v) is 14.8. The normalized spacial score (nSPS) is 15.0. The predicted molar refractivity (Wildman–Crippen MR) is 93.0 cm³/mol. The fourth-order valence-electron chi connectivity index (χ4n) is 2.55. The van der Waals surface area contributed by atoms with Gasteiger partial charge in [0.25, 0.3) is 0 Å². The van der Waals surface area contributed by atoms with E-state index >= 15 is 0 Å². The Bertz CT molecular complexity index is 547. The molecule has 0 unspecified atom stereocenters. The summed E-state index contributed by atoms with van der Waals surface area (Å²) in [5.74, 6) is 0.110. The highest BCUT2D eigenvalue weighted by Gasteiger charge is 2.16. The van der Waals surface area contributed by atoms with Gasteiger partial charge in [0, 0.05) is 11.9 Å². The first kappa shape index (κ1) is 18.7. The second-order valence-corrected chi connectivity index (χ2v) is 6.73. The number of pyridine rings is 1. The van der Waals surface area contributed by atoms with Crippen molar-refractivity contribution >= 4 is 29.3 Å². The second-order valence-electron chi connectivity index (χ2n) is 5.65. The van der Waals surface area contributed by atoms with Crippen LogP contribution < -0.4 is 5.32 Å². The molecule has 0 saturated heterocycles. The standard InChI is InChI=1S/C17H24N2O4S/c1-22-16(21)9-11-24-17-14(8-5-10-18-17)19-15(20)12-23-13-6-3-2-4-7-13/h5,8,10,13H,2-4,6-7,9,11-12H2,1H3,(H,19,20). The Kier molecular flexibility index (Phi) is 8.04. The molecule has 1 saturated carbocycles. The van der Waals surface area contributed by atoms with Crippen molar-refractivity contribution in [3.05, 3.63) is 18.3 Å². The first-order valence-corrected chi connectivity index (χ1v) is 9.23. The van der Waals surface area contributed by atoms with E-state index in [0.717, 1.165) is 12.8 Å². The number of nitrogens with one attached hydrogen (secondary N) is 1. The Morgan fingerprint density at radius 1 is 1.33 bits per heavy atom. The van der Waals surface area contributed by atoms with E-state index in [1.54, 1.807) is 18.3 Å². The summed E-state index contributed by atoms with van der Waals surface area (Å²) in [4.78, 5) is 27.5. The van der Waals surface area contributed by atoms with Crippen LogP contribution in [0, 0.1) is 0 Å². The second kappa shape index (κ2) is 10.3. The molecule has 1 aliphatic rings. The first-order valence-electron chi connectivity index (χ1n) is 8.25. The van der Waals surface area contributed by atoms with Crippen molar-refractivity contribution in [3.8, 4) is 0 Å². The van der Waals surface area contributed by atoms with E-state index in [9.17, 15) is 9.59 Å². The van der Waals surface area contributed by atoms with E-state index < -0.39 is 0 Å². The molecule has 1 aliphatic carbocycles. The number of ether oxygens (including phenoxy) is 2. The molecule has 0 radical (unpaired) electrons. The van der Waals surface area contributed by atoms with Gasteiger partial charge < -0.3 is 14.8 Å². The molecule has 1 heterocycles. The molecule has 24 heavy (non-hydrogen) atoms. The maximum atomic E-state index is 12.1. The zero-order valence-electron chi connectivity index (χ0n) is 14.0. The number of hydrogen-bond acceptors (Lipinski definition) is 6. The fourth-order valence-corrected chi connectivity index (χ4v) is 3.42. The molecule has 0 spiro atoms. The Morgan fingerprint density at radius 3 is 2.88 bits per heavy atom. The van der Waals surface area contributed by atoms with Gasteiger partial charge >= 0.3 is 5.97 Å². The van der Waals surface area contributed by atoms with E-state index in [0.29, 0.717) is 22.9 Å². The summed E-state index contributed by atoms with van der Waals surface area (Å²) in [7, 11) is 1.37. The fraction of sp³-hybridized carbons (Fsp3) is 0.588. The van der Waals surface area contributed by atoms with Crippen LogP contribution in [0.4, 0.5) is 5.69 Å². The molecule has 1 N–H and O–H groups in total. The molecule has 2 rings (SSSR count). The van der Waals surface area contributed by atoms with Crippen LogP contribution in [0.2, 0.25) is 0 Å². The van der Waals surface area contributed by atoms with Gasteiger partial charge in [-0.15, -0.1) is 11.8 Å². The highest BCUT2D eigenvalue weighted by molar-refractivity contribution is 7.99. The number of nitrogens with zero attached hydrogens (tertiary/aromatic N) is 1. The van der Waals surface area contributed by atoms with E-state index in [2.05, 4.69) is 15.0 Å². The summed E-state index contributed by atoms with van der Waals surface area (Å²) < 4.78 is 10.3. The number of carbonyl (C=O) groups excluding carboxylic acids is 2. The quantitative estimate of drug-likeness (QED) is 0.572. The lowest BCUT2D eigenvalue weighted by Gasteiger charge is -2.21. The van der Waals surface area contributed by atoms with Gasteiger partial charge in [0.2, 0.25) is 5.91 Å². The first-order chi connectivity index (χ1) is 11.7. The number of hydrogen-bond donors (Lipinski definition) is 1. The highest BCUT2D eigenvalue weighted by Crippen LogP contribution is 2.25. The number of anilines is 1. The molecule has 0 bridgehead atoms. The van der Waals surface area contributed by atoms with Crippen LogP contribution in [-0.2, 0) is 19.1 Å². The number of thioether (sulfide) groups is 1. The number of esters is 1. The number of carbonyl (C=O) groups is 2. The molecule has 6 nitrogen and oxygen atoms in total. The van der Waals surface area contributed by atoms with Gasteiger partial charge in [-0.1, -0.05) is 19.3 Å². The van der Waals surface area contributed by atoms with E-state index in [4.69, 9.17) is 4.74 Å². The summed E-state index contributed by atoms with van der Waals surface area (Å²) in [6.45, 7) is 0.0613. The van der Waals surface area contributed by atoms with Gasteiger partial charge in [-0.3, -0.25) is 9.59 Å². The minimum absolute atomic E-state index is 0.0613. The molecule has 1 amide bonds. The van der Waals surface area contributed by atoms with Crippen LogP contribution in [-0.4, -0.2) is 42.4 Å². The molecule has 0 atom stereocenters. The highest BCUT2D eigenvalue weighted by atomic mass is 32.2. The van der Waals surface area contributed by atoms with E-state index in [1.165, 1.54) is 38.1 Å². The Balaban J connectivity index is 1.80. The van der Waals surface area contributed by atoms with Gasteiger partial charge in [-0.05, 0) is 25.0 Å². The van der Waals surface area contributed by atoms with Gasteiger partial charge in [-0.2, -0.15) is 0 Å². The number of methoxy groups -OCH3 is 1. The SMILES string of the molecule is COC(=O)CCSc1ncccc1NC(=O)COC1CCCCC1. The predicted octanol–water partition coefficient (Wildman–Crippen LogP) is 3.02. The van der Waals surface area contributed by atoms with Gasteiger partial charge in [0.1, 0.15) is 11.6 Å². The van der Waals surface area contributed by atoms with Gasteiger partial charge in [-0.25, -0.2) is 4.98 Å². The third-order valence-corrected chi connectivity index (χ3v) is 4.83. The third kappa shape index (κ3) is 6.49. The van der Waals surface area contributed by atoms with Crippen LogP contribution >= 0.6 is 11.8 Å². The van der Waals surface area contributed by atoms with Crippen LogP contribution in [0.1, 0.15) is 38.5 Å². The largest absolute Gasteiger partial charge is 0.469 e. The zero-order chi connectivity index (χ0) is 17.2. The smallest absolute Gasteiger partial charge is 0.306 e. The average molecular weight is 352 g/mol. The van der Waals surface area contributed by atoms with E-state index in [1.807, 2.05) is 0 Å². The van der Waals surface area contributed by atoms with Crippen LogP contribution in [0.25, 0.3) is 0 Å². The lowest BCUT2D eigenvalue weighted by molar-refractivity contribution is -0.140. The Morgan fingerprint density at radius 2 is 2.12 bits per heavy atom. The number of aromatic nitrogens is 1. The maximum Gasteiger partial charge on any atom is 0.306 e. The average Bonchev–Trinajstić information content (AvgIpc) is 2.62. The van der Waals surface area contributed by atoms with Crippen molar-refractivity contribution in [2.45, 2.75) is 49.7 Å². The lowest BCUT2D eigenvalue weighted by Crippen LogP contribution is -2.25. The van der Waals surface area contributed by atoms with Crippen LogP contribution in [0.3, 0.4) is 0 Å². The Hall–Kier alpha value is -1.60. The maximum absolute atomic E-state index is 12.1. The summed E-state index contributed by atoms with van der Waals surface area (Å²) >= 11 is 1.41. The molecule has 0 aliphatic heterocycles. The van der Waals surface area contributed by atoms with Crippen LogP contribution in [0.5, 0.6) is 0 Å². The number of amides is 1. The number of rotatable bonds is 8. The Labute approximate surface area is 146 Å². The molecule has 1 fully saturated rings. The van der Waals surface area contributed by atoms with Crippen molar-refractivity contribution < 1.29 is 19.1 Å². The van der Waals surface area contributed by atoms with Gasteiger partial charge in [0.15, 0.2) is 0 Å². The molecular weight excluding hydrogens is 328 g/mol. The van der Waals surface area contributed by atoms with Crippen molar-refractivity contribution in [1.82, 2.24) is 4.98 Å². The van der Waals surface area contributed by atoms with E-state index in [-0.39, 0.29) is 24.6 Å². The minimum atomic E-state index is -0.259. The summed E-state index contributed by atoms with van der Waals surface area (Å²) in [5, 5.41) is 3.53. The summed E-state index contributed by atoms with van der Waals surface area (Å²) in [6.07, 6.45) is 7.85. The monoisotopic (exact) mass is 352 g/mol. The molecular formula is C17H24N2O4S. The topological polar surface area (TPSA) is 77.5 Å². The molecule has 7 heteroatoms. The van der Waals surface area contributed by atoms with Crippen molar-refractivity contribution in [2.24, 2.45) is 0 Å². The van der Waals surface area contributed by atoms with Gasteiger partial charge in [0.05, 0.1) is 25.3 Å². The van der Waals surface area contributed by atoms with Crippen molar-refractivity contribution in [3.63, 3.8) is 0 Å².